The topological polar surface area (TPSA) is 67.2 Å². The maximum atomic E-state index is 11.3. The molecule has 0 aromatic carbocycles. The van der Waals surface area contributed by atoms with Crippen molar-refractivity contribution in [2.24, 2.45) is 7.05 Å². The maximum Gasteiger partial charge on any atom is 0.341 e. The van der Waals surface area contributed by atoms with Crippen molar-refractivity contribution < 1.29 is 9.90 Å². The quantitative estimate of drug-likeness (QED) is 0.889. The third-order valence-electron chi connectivity index (χ3n) is 3.32. The molecule has 0 aliphatic heterocycles. The van der Waals surface area contributed by atoms with Crippen LogP contribution in [0.1, 0.15) is 34.8 Å². The van der Waals surface area contributed by atoms with Crippen LogP contribution in [0.4, 0.5) is 5.82 Å². The van der Waals surface area contributed by atoms with Crippen LogP contribution in [0.15, 0.2) is 17.5 Å². The zero-order valence-electron chi connectivity index (χ0n) is 12.1. The third kappa shape index (κ3) is 2.70. The summed E-state index contributed by atoms with van der Waals surface area (Å²) in [6, 6.07) is 4.12. The van der Waals surface area contributed by atoms with E-state index in [1.165, 1.54) is 4.88 Å². The van der Waals surface area contributed by atoms with E-state index in [1.54, 1.807) is 30.0 Å². The predicted molar refractivity (Wildman–Crippen MR) is 80.7 cm³/mol. The Hall–Kier alpha value is -1.82. The molecule has 2 rings (SSSR count). The Labute approximate surface area is 122 Å². The summed E-state index contributed by atoms with van der Waals surface area (Å²) in [5, 5.41) is 18.7. The SMILES string of the molecule is Cc1nn(C)c(NCC(C)(C)c2cccs2)c1C(=O)O. The van der Waals surface area contributed by atoms with E-state index in [2.05, 4.69) is 30.3 Å². The molecule has 6 heteroatoms. The van der Waals surface area contributed by atoms with Crippen LogP contribution >= 0.6 is 11.3 Å². The van der Waals surface area contributed by atoms with Gasteiger partial charge in [0.25, 0.3) is 0 Å². The molecule has 0 bridgehead atoms. The molecule has 0 fully saturated rings. The van der Waals surface area contributed by atoms with Gasteiger partial charge < -0.3 is 10.4 Å². The third-order valence-corrected chi connectivity index (χ3v) is 4.56. The normalized spacial score (nSPS) is 11.6. The largest absolute Gasteiger partial charge is 0.477 e. The van der Waals surface area contributed by atoms with Crippen LogP contribution in [-0.4, -0.2) is 27.4 Å². The van der Waals surface area contributed by atoms with Crippen LogP contribution in [0.3, 0.4) is 0 Å². The van der Waals surface area contributed by atoms with Crippen molar-refractivity contribution in [3.63, 3.8) is 0 Å². The number of carbonyl (C=O) groups is 1. The monoisotopic (exact) mass is 293 g/mol. The summed E-state index contributed by atoms with van der Waals surface area (Å²) >= 11 is 1.71. The summed E-state index contributed by atoms with van der Waals surface area (Å²) in [4.78, 5) is 12.6. The number of carboxylic acids is 1. The molecule has 20 heavy (non-hydrogen) atoms. The molecule has 5 nitrogen and oxygen atoms in total. The van der Waals surface area contributed by atoms with Gasteiger partial charge in [0.2, 0.25) is 0 Å². The fraction of sp³-hybridized carbons (Fsp3) is 0.429. The average Bonchev–Trinajstić information content (AvgIpc) is 2.94. The lowest BCUT2D eigenvalue weighted by molar-refractivity contribution is 0.0697. The van der Waals surface area contributed by atoms with Gasteiger partial charge in [-0.05, 0) is 18.4 Å². The summed E-state index contributed by atoms with van der Waals surface area (Å²) in [5.74, 6) is -0.397. The number of carboxylic acid groups (broad SMARTS) is 1. The van der Waals surface area contributed by atoms with Crippen molar-refractivity contribution in [1.82, 2.24) is 9.78 Å². The number of thiophene rings is 1. The van der Waals surface area contributed by atoms with Crippen LogP contribution in [0, 0.1) is 6.92 Å². The molecule has 0 unspecified atom stereocenters. The van der Waals surface area contributed by atoms with Gasteiger partial charge in [0.1, 0.15) is 11.4 Å². The highest BCUT2D eigenvalue weighted by Gasteiger charge is 2.25. The Morgan fingerprint density at radius 1 is 1.55 bits per heavy atom. The standard InChI is InChI=1S/C14H19N3O2S/c1-9-11(13(18)19)12(17(4)16-9)15-8-14(2,3)10-6-5-7-20-10/h5-7,15H,8H2,1-4H3,(H,18,19). The van der Waals surface area contributed by atoms with Crippen LogP contribution < -0.4 is 5.32 Å². The number of rotatable bonds is 5. The van der Waals surface area contributed by atoms with Crippen LogP contribution in [-0.2, 0) is 12.5 Å². The lowest BCUT2D eigenvalue weighted by Gasteiger charge is -2.24. The van der Waals surface area contributed by atoms with E-state index >= 15 is 0 Å². The number of aromatic nitrogens is 2. The van der Waals surface area contributed by atoms with E-state index in [1.807, 2.05) is 11.4 Å². The molecule has 0 radical (unpaired) electrons. The second-order valence-corrected chi connectivity index (χ2v) is 6.40. The minimum Gasteiger partial charge on any atom is -0.477 e. The first kappa shape index (κ1) is 14.6. The van der Waals surface area contributed by atoms with Crippen molar-refractivity contribution in [3.8, 4) is 0 Å². The highest BCUT2D eigenvalue weighted by molar-refractivity contribution is 7.10. The molecule has 0 saturated heterocycles. The molecule has 0 aliphatic rings. The molecule has 108 valence electrons. The second-order valence-electron chi connectivity index (χ2n) is 5.45. The van der Waals surface area contributed by atoms with Crippen LogP contribution in [0.2, 0.25) is 0 Å². The van der Waals surface area contributed by atoms with Gasteiger partial charge in [0.15, 0.2) is 0 Å². The summed E-state index contributed by atoms with van der Waals surface area (Å²) < 4.78 is 1.59. The van der Waals surface area contributed by atoms with Gasteiger partial charge in [0, 0.05) is 23.9 Å². The average molecular weight is 293 g/mol. The summed E-state index contributed by atoms with van der Waals surface area (Å²) in [6.07, 6.45) is 0. The minimum atomic E-state index is -0.952. The molecule has 0 aliphatic carbocycles. The van der Waals surface area contributed by atoms with Crippen molar-refractivity contribution in [2.75, 3.05) is 11.9 Å². The first-order valence-corrected chi connectivity index (χ1v) is 7.25. The Kier molecular flexibility index (Phi) is 3.85. The lowest BCUT2D eigenvalue weighted by atomic mass is 9.91. The first-order valence-electron chi connectivity index (χ1n) is 6.37. The molecular formula is C14H19N3O2S. The van der Waals surface area contributed by atoms with Crippen LogP contribution in [0.25, 0.3) is 0 Å². The van der Waals surface area contributed by atoms with Crippen LogP contribution in [0.5, 0.6) is 0 Å². The molecule has 0 saturated carbocycles. The Morgan fingerprint density at radius 2 is 2.25 bits per heavy atom. The number of hydrogen-bond donors (Lipinski definition) is 2. The van der Waals surface area contributed by atoms with E-state index < -0.39 is 5.97 Å². The van der Waals surface area contributed by atoms with E-state index in [9.17, 15) is 9.90 Å². The molecular weight excluding hydrogens is 274 g/mol. The summed E-state index contributed by atoms with van der Waals surface area (Å²) in [6.45, 7) is 6.62. The fourth-order valence-electron chi connectivity index (χ4n) is 2.17. The van der Waals surface area contributed by atoms with Gasteiger partial charge >= 0.3 is 5.97 Å². The molecule has 2 N–H and O–H groups in total. The zero-order valence-corrected chi connectivity index (χ0v) is 12.9. The molecule has 2 heterocycles. The molecule has 0 spiro atoms. The highest BCUT2D eigenvalue weighted by atomic mass is 32.1. The van der Waals surface area contributed by atoms with Gasteiger partial charge in [-0.2, -0.15) is 5.10 Å². The second kappa shape index (κ2) is 5.28. The zero-order chi connectivity index (χ0) is 14.9. The maximum absolute atomic E-state index is 11.3. The van der Waals surface area contributed by atoms with Crippen molar-refractivity contribution >= 4 is 23.1 Å². The Balaban J connectivity index is 2.22. The van der Waals surface area contributed by atoms with Gasteiger partial charge in [-0.25, -0.2) is 4.79 Å². The molecule has 0 atom stereocenters. The van der Waals surface area contributed by atoms with Gasteiger partial charge in [-0.3, -0.25) is 4.68 Å². The van der Waals surface area contributed by atoms with E-state index in [-0.39, 0.29) is 11.0 Å². The number of nitrogens with zero attached hydrogens (tertiary/aromatic N) is 2. The van der Waals surface area contributed by atoms with Gasteiger partial charge in [0.05, 0.1) is 5.69 Å². The highest BCUT2D eigenvalue weighted by Crippen LogP contribution is 2.28. The van der Waals surface area contributed by atoms with Crippen molar-refractivity contribution in [2.45, 2.75) is 26.2 Å². The first-order chi connectivity index (χ1) is 9.33. The smallest absolute Gasteiger partial charge is 0.341 e. The van der Waals surface area contributed by atoms with Gasteiger partial charge in [-0.1, -0.05) is 19.9 Å². The fourth-order valence-corrected chi connectivity index (χ4v) is 3.02. The van der Waals surface area contributed by atoms with Gasteiger partial charge in [-0.15, -0.1) is 11.3 Å². The Bertz CT molecular complexity index is 615. The number of aryl methyl sites for hydroxylation is 2. The van der Waals surface area contributed by atoms with Crippen molar-refractivity contribution in [1.29, 1.82) is 0 Å². The Morgan fingerprint density at radius 3 is 2.80 bits per heavy atom. The van der Waals surface area contributed by atoms with Crippen molar-refractivity contribution in [3.05, 3.63) is 33.6 Å². The number of anilines is 1. The van der Waals surface area contributed by atoms with E-state index in [4.69, 9.17) is 0 Å². The minimum absolute atomic E-state index is 0.0673. The van der Waals surface area contributed by atoms with E-state index in [0.29, 0.717) is 18.1 Å². The molecule has 0 amide bonds. The predicted octanol–water partition coefficient (Wildman–Crippen LogP) is 2.88. The summed E-state index contributed by atoms with van der Waals surface area (Å²) in [5.41, 5.74) is 0.702. The molecule has 2 aromatic heterocycles. The summed E-state index contributed by atoms with van der Waals surface area (Å²) in [7, 11) is 1.75. The lowest BCUT2D eigenvalue weighted by Crippen LogP contribution is -2.28. The number of nitrogens with one attached hydrogen (secondary N) is 1. The number of hydrogen-bond acceptors (Lipinski definition) is 4. The number of aromatic carboxylic acids is 1. The van der Waals surface area contributed by atoms with E-state index in [0.717, 1.165) is 0 Å². The molecule has 2 aromatic rings.